The number of hydrogen-bond acceptors (Lipinski definition) is 5. The van der Waals surface area contributed by atoms with Crippen LogP contribution in [0.4, 0.5) is 0 Å². The first-order valence-corrected chi connectivity index (χ1v) is 9.00. The number of aryl methyl sites for hydroxylation is 1. The van der Waals surface area contributed by atoms with Crippen LogP contribution in [0, 0.1) is 6.92 Å². The van der Waals surface area contributed by atoms with Crippen molar-refractivity contribution in [2.75, 3.05) is 6.61 Å². The number of aromatic nitrogens is 1. The van der Waals surface area contributed by atoms with Crippen molar-refractivity contribution in [1.82, 2.24) is 4.98 Å². The lowest BCUT2D eigenvalue weighted by molar-refractivity contribution is 0.0593. The van der Waals surface area contributed by atoms with Crippen molar-refractivity contribution in [2.24, 2.45) is 0 Å². The summed E-state index contributed by atoms with van der Waals surface area (Å²) in [5, 5.41) is 2.05. The zero-order valence-corrected chi connectivity index (χ0v) is 14.5. The molecule has 0 spiro atoms. The number of rotatable bonds is 6. The molecule has 2 unspecified atom stereocenters. The second kappa shape index (κ2) is 6.51. The van der Waals surface area contributed by atoms with E-state index >= 15 is 0 Å². The number of ether oxygens (including phenoxy) is 2. The summed E-state index contributed by atoms with van der Waals surface area (Å²) in [6, 6.07) is 12.3. The summed E-state index contributed by atoms with van der Waals surface area (Å²) >= 11 is 1.65. The molecule has 0 bridgehead atoms. The SMILES string of the molecule is CCOC1OC1Cc1nc(-c2cccc(C)c2)oc1-c1cccs1. The summed E-state index contributed by atoms with van der Waals surface area (Å²) in [6.07, 6.45) is 0.664. The van der Waals surface area contributed by atoms with Crippen LogP contribution in [-0.4, -0.2) is 24.0 Å². The van der Waals surface area contributed by atoms with Gasteiger partial charge < -0.3 is 13.9 Å². The lowest BCUT2D eigenvalue weighted by atomic mass is 10.1. The maximum Gasteiger partial charge on any atom is 0.227 e. The Morgan fingerprint density at radius 1 is 1.25 bits per heavy atom. The molecule has 1 saturated heterocycles. The summed E-state index contributed by atoms with van der Waals surface area (Å²) in [6.45, 7) is 4.70. The Bertz CT molecular complexity index is 825. The number of oxazole rings is 1. The zero-order chi connectivity index (χ0) is 16.5. The highest BCUT2D eigenvalue weighted by atomic mass is 32.1. The molecule has 3 aromatic rings. The molecule has 24 heavy (non-hydrogen) atoms. The highest BCUT2D eigenvalue weighted by Gasteiger charge is 2.41. The molecule has 4 rings (SSSR count). The van der Waals surface area contributed by atoms with E-state index in [1.54, 1.807) is 11.3 Å². The number of hydrogen-bond donors (Lipinski definition) is 0. The smallest absolute Gasteiger partial charge is 0.227 e. The fraction of sp³-hybridized carbons (Fsp3) is 0.316. The van der Waals surface area contributed by atoms with Gasteiger partial charge in [-0.05, 0) is 37.4 Å². The third-order valence-corrected chi connectivity index (χ3v) is 4.84. The van der Waals surface area contributed by atoms with Crippen LogP contribution in [-0.2, 0) is 15.9 Å². The molecule has 0 aliphatic carbocycles. The van der Waals surface area contributed by atoms with E-state index in [-0.39, 0.29) is 12.4 Å². The van der Waals surface area contributed by atoms with E-state index in [0.717, 1.165) is 21.9 Å². The minimum Gasteiger partial charge on any atom is -0.435 e. The Balaban J connectivity index is 1.66. The van der Waals surface area contributed by atoms with Crippen LogP contribution < -0.4 is 0 Å². The molecule has 2 aromatic heterocycles. The summed E-state index contributed by atoms with van der Waals surface area (Å²) < 4.78 is 17.2. The van der Waals surface area contributed by atoms with Crippen molar-refractivity contribution < 1.29 is 13.9 Å². The zero-order valence-electron chi connectivity index (χ0n) is 13.7. The van der Waals surface area contributed by atoms with Gasteiger partial charge in [0.1, 0.15) is 6.10 Å². The van der Waals surface area contributed by atoms with Crippen molar-refractivity contribution >= 4 is 11.3 Å². The number of epoxide rings is 1. The topological polar surface area (TPSA) is 47.8 Å². The van der Waals surface area contributed by atoms with E-state index in [1.165, 1.54) is 5.56 Å². The number of thiophene rings is 1. The van der Waals surface area contributed by atoms with Gasteiger partial charge in [-0.2, -0.15) is 0 Å². The maximum absolute atomic E-state index is 6.13. The molecule has 1 fully saturated rings. The Hall–Kier alpha value is -1.95. The van der Waals surface area contributed by atoms with Gasteiger partial charge in [0, 0.05) is 18.6 Å². The molecule has 0 radical (unpaired) electrons. The van der Waals surface area contributed by atoms with Crippen molar-refractivity contribution in [3.8, 4) is 22.1 Å². The molecule has 0 saturated carbocycles. The molecule has 4 nitrogen and oxygen atoms in total. The van der Waals surface area contributed by atoms with Crippen LogP contribution in [0.15, 0.2) is 46.2 Å². The second-order valence-corrected chi connectivity index (χ2v) is 6.79. The third-order valence-electron chi connectivity index (χ3n) is 3.97. The fourth-order valence-corrected chi connectivity index (χ4v) is 3.49. The minimum absolute atomic E-state index is 0.0686. The average Bonchev–Trinajstić information content (AvgIpc) is 2.99. The standard InChI is InChI=1S/C19H19NO3S/c1-3-21-19-15(22-19)11-14-17(16-8-5-9-24-16)23-18(20-14)13-7-4-6-12(2)10-13/h4-10,15,19H,3,11H2,1-2H3. The quantitative estimate of drug-likeness (QED) is 0.611. The molecule has 1 aliphatic rings. The van der Waals surface area contributed by atoms with Crippen LogP contribution in [0.2, 0.25) is 0 Å². The highest BCUT2D eigenvalue weighted by Crippen LogP contribution is 2.36. The Labute approximate surface area is 145 Å². The van der Waals surface area contributed by atoms with E-state index in [9.17, 15) is 0 Å². The van der Waals surface area contributed by atoms with Crippen molar-refractivity contribution in [2.45, 2.75) is 32.7 Å². The van der Waals surface area contributed by atoms with E-state index in [2.05, 4.69) is 25.1 Å². The highest BCUT2D eigenvalue weighted by molar-refractivity contribution is 7.13. The summed E-state index contributed by atoms with van der Waals surface area (Å²) in [5.41, 5.74) is 3.12. The van der Waals surface area contributed by atoms with Crippen LogP contribution in [0.1, 0.15) is 18.2 Å². The normalized spacial score (nSPS) is 19.6. The molecule has 1 aliphatic heterocycles. The molecule has 124 valence electrons. The summed E-state index contributed by atoms with van der Waals surface area (Å²) in [7, 11) is 0. The van der Waals surface area contributed by atoms with Gasteiger partial charge >= 0.3 is 0 Å². The third kappa shape index (κ3) is 3.15. The van der Waals surface area contributed by atoms with Crippen LogP contribution in [0.25, 0.3) is 22.1 Å². The largest absolute Gasteiger partial charge is 0.435 e. The van der Waals surface area contributed by atoms with E-state index < -0.39 is 0 Å². The van der Waals surface area contributed by atoms with Gasteiger partial charge in [0.25, 0.3) is 0 Å². The first kappa shape index (κ1) is 15.6. The molecule has 0 N–H and O–H groups in total. The molecule has 3 heterocycles. The number of nitrogens with zero attached hydrogens (tertiary/aromatic N) is 1. The lowest BCUT2D eigenvalue weighted by Gasteiger charge is -1.97. The maximum atomic E-state index is 6.13. The molecular weight excluding hydrogens is 322 g/mol. The fourth-order valence-electron chi connectivity index (χ4n) is 2.76. The van der Waals surface area contributed by atoms with Gasteiger partial charge in [-0.25, -0.2) is 4.98 Å². The predicted molar refractivity (Wildman–Crippen MR) is 94.0 cm³/mol. The first-order valence-electron chi connectivity index (χ1n) is 8.12. The van der Waals surface area contributed by atoms with Crippen LogP contribution >= 0.6 is 11.3 Å². The first-order chi connectivity index (χ1) is 11.7. The molecule has 2 atom stereocenters. The van der Waals surface area contributed by atoms with Gasteiger partial charge in [0.15, 0.2) is 12.1 Å². The number of benzene rings is 1. The van der Waals surface area contributed by atoms with Gasteiger partial charge in [0.05, 0.1) is 10.6 Å². The lowest BCUT2D eigenvalue weighted by Crippen LogP contribution is -2.03. The van der Waals surface area contributed by atoms with Crippen molar-refractivity contribution in [3.05, 3.63) is 53.0 Å². The van der Waals surface area contributed by atoms with Gasteiger partial charge in [-0.15, -0.1) is 11.3 Å². The van der Waals surface area contributed by atoms with Crippen molar-refractivity contribution in [1.29, 1.82) is 0 Å². The van der Waals surface area contributed by atoms with E-state index in [1.807, 2.05) is 30.5 Å². The van der Waals surface area contributed by atoms with E-state index in [4.69, 9.17) is 18.9 Å². The molecular formula is C19H19NO3S. The van der Waals surface area contributed by atoms with Crippen LogP contribution in [0.5, 0.6) is 0 Å². The molecule has 5 heteroatoms. The van der Waals surface area contributed by atoms with Gasteiger partial charge in [-0.1, -0.05) is 23.8 Å². The summed E-state index contributed by atoms with van der Waals surface area (Å²) in [4.78, 5) is 5.84. The Morgan fingerprint density at radius 3 is 2.92 bits per heavy atom. The van der Waals surface area contributed by atoms with Crippen molar-refractivity contribution in [3.63, 3.8) is 0 Å². The molecule has 0 amide bonds. The van der Waals surface area contributed by atoms with Crippen LogP contribution in [0.3, 0.4) is 0 Å². The second-order valence-electron chi connectivity index (χ2n) is 5.84. The van der Waals surface area contributed by atoms with E-state index in [0.29, 0.717) is 18.9 Å². The van der Waals surface area contributed by atoms with Gasteiger partial charge in [0.2, 0.25) is 5.89 Å². The van der Waals surface area contributed by atoms with Gasteiger partial charge in [-0.3, -0.25) is 0 Å². The monoisotopic (exact) mass is 341 g/mol. The molecule has 1 aromatic carbocycles. The predicted octanol–water partition coefficient (Wildman–Crippen LogP) is 4.68. The summed E-state index contributed by atoms with van der Waals surface area (Å²) in [5.74, 6) is 1.50. The Morgan fingerprint density at radius 2 is 2.17 bits per heavy atom. The minimum atomic E-state index is -0.106. The average molecular weight is 341 g/mol. The Kier molecular flexibility index (Phi) is 4.22.